The molecule has 2 aromatic carbocycles. The number of aliphatic hydroxyl groups excluding tert-OH is 1. The van der Waals surface area contributed by atoms with Crippen LogP contribution in [0.2, 0.25) is 10.0 Å². The minimum Gasteiger partial charge on any atom is -0.387 e. The molecule has 1 aromatic heterocycles. The van der Waals surface area contributed by atoms with Crippen molar-refractivity contribution < 1.29 is 5.11 Å². The summed E-state index contributed by atoms with van der Waals surface area (Å²) < 4.78 is 3.73. The molecule has 1 heterocycles. The molecule has 0 fully saturated rings. The first-order chi connectivity index (χ1) is 11.0. The summed E-state index contributed by atoms with van der Waals surface area (Å²) >= 11 is 11.9. The summed E-state index contributed by atoms with van der Waals surface area (Å²) in [5.74, 6) is 0. The summed E-state index contributed by atoms with van der Waals surface area (Å²) in [5.41, 5.74) is 2.97. The van der Waals surface area contributed by atoms with Gasteiger partial charge in [0.05, 0.1) is 33.7 Å². The highest BCUT2D eigenvalue weighted by Crippen LogP contribution is 2.26. The lowest BCUT2D eigenvalue weighted by Gasteiger charge is -2.13. The minimum atomic E-state index is -0.769. The summed E-state index contributed by atoms with van der Waals surface area (Å²) in [6.07, 6.45) is -0.769. The van der Waals surface area contributed by atoms with E-state index in [-0.39, 0.29) is 6.54 Å². The van der Waals surface area contributed by atoms with Gasteiger partial charge in [0.1, 0.15) is 0 Å². The van der Waals surface area contributed by atoms with Gasteiger partial charge in [-0.1, -0.05) is 41.4 Å². The number of para-hydroxylation sites is 2. The smallest absolute Gasteiger partial charge is 0.203 e. The molecule has 120 valence electrons. The van der Waals surface area contributed by atoms with E-state index in [1.807, 2.05) is 40.3 Å². The van der Waals surface area contributed by atoms with Gasteiger partial charge < -0.3 is 14.2 Å². The fourth-order valence-corrected chi connectivity index (χ4v) is 3.10. The van der Waals surface area contributed by atoms with E-state index in [0.717, 1.165) is 11.0 Å². The number of benzene rings is 2. The molecule has 0 aliphatic carbocycles. The maximum atomic E-state index is 10.5. The second-order valence-corrected chi connectivity index (χ2v) is 6.17. The zero-order chi connectivity index (χ0) is 16.6. The third kappa shape index (κ3) is 2.90. The standard InChI is InChI=1S/C17H17Cl2N3O/c1-2-21-14-5-3-4-6-15(14)22(17(21)20)10-16(23)11-7-8-12(18)13(19)9-11/h3-9,16,20,23H,2,10H2,1H3/t16-/m0/s1. The molecule has 6 heteroatoms. The summed E-state index contributed by atoms with van der Waals surface area (Å²) in [6.45, 7) is 2.99. The van der Waals surface area contributed by atoms with E-state index in [4.69, 9.17) is 28.6 Å². The Kier molecular flexibility index (Phi) is 4.48. The van der Waals surface area contributed by atoms with Gasteiger partial charge in [-0.05, 0) is 36.8 Å². The van der Waals surface area contributed by atoms with E-state index >= 15 is 0 Å². The predicted octanol–water partition coefficient (Wildman–Crippen LogP) is 3.98. The van der Waals surface area contributed by atoms with E-state index in [1.54, 1.807) is 18.2 Å². The van der Waals surface area contributed by atoms with Crippen molar-refractivity contribution in [2.45, 2.75) is 26.1 Å². The Morgan fingerprint density at radius 2 is 1.70 bits per heavy atom. The van der Waals surface area contributed by atoms with Crippen LogP contribution in [0.3, 0.4) is 0 Å². The predicted molar refractivity (Wildman–Crippen MR) is 92.9 cm³/mol. The quantitative estimate of drug-likeness (QED) is 0.735. The maximum absolute atomic E-state index is 10.5. The molecule has 0 aliphatic heterocycles. The van der Waals surface area contributed by atoms with Crippen LogP contribution < -0.4 is 5.62 Å². The number of nitrogens with zero attached hydrogens (tertiary/aromatic N) is 2. The van der Waals surface area contributed by atoms with Gasteiger partial charge in [0.25, 0.3) is 0 Å². The maximum Gasteiger partial charge on any atom is 0.203 e. The number of aliphatic hydroxyl groups is 1. The number of rotatable bonds is 4. The van der Waals surface area contributed by atoms with E-state index in [9.17, 15) is 5.11 Å². The fraction of sp³-hybridized carbons (Fsp3) is 0.235. The summed E-state index contributed by atoms with van der Waals surface area (Å²) in [4.78, 5) is 0. The number of aromatic nitrogens is 2. The van der Waals surface area contributed by atoms with Crippen molar-refractivity contribution in [3.8, 4) is 0 Å². The molecule has 3 rings (SSSR count). The topological polar surface area (TPSA) is 53.9 Å². The zero-order valence-electron chi connectivity index (χ0n) is 12.6. The molecule has 0 spiro atoms. The molecule has 23 heavy (non-hydrogen) atoms. The van der Waals surface area contributed by atoms with Crippen molar-refractivity contribution in [3.63, 3.8) is 0 Å². The Labute approximate surface area is 144 Å². The largest absolute Gasteiger partial charge is 0.387 e. The molecule has 0 bridgehead atoms. The van der Waals surface area contributed by atoms with Crippen LogP contribution in [-0.2, 0) is 13.1 Å². The van der Waals surface area contributed by atoms with Crippen molar-refractivity contribution in [2.24, 2.45) is 0 Å². The highest BCUT2D eigenvalue weighted by Gasteiger charge is 2.15. The molecule has 0 saturated carbocycles. The van der Waals surface area contributed by atoms with Crippen LogP contribution in [0.1, 0.15) is 18.6 Å². The monoisotopic (exact) mass is 349 g/mol. The van der Waals surface area contributed by atoms with Gasteiger partial charge in [0.15, 0.2) is 0 Å². The number of aryl methyl sites for hydroxylation is 1. The number of hydrogen-bond acceptors (Lipinski definition) is 2. The van der Waals surface area contributed by atoms with Crippen molar-refractivity contribution in [2.75, 3.05) is 0 Å². The van der Waals surface area contributed by atoms with Crippen molar-refractivity contribution in [1.29, 1.82) is 5.41 Å². The summed E-state index contributed by atoms with van der Waals surface area (Å²) in [6, 6.07) is 12.9. The van der Waals surface area contributed by atoms with E-state index in [1.165, 1.54) is 0 Å². The molecule has 0 radical (unpaired) electrons. The molecule has 2 N–H and O–H groups in total. The Bertz CT molecular complexity index is 914. The van der Waals surface area contributed by atoms with Gasteiger partial charge in [-0.3, -0.25) is 5.41 Å². The van der Waals surface area contributed by atoms with Crippen LogP contribution in [0.25, 0.3) is 11.0 Å². The van der Waals surface area contributed by atoms with Crippen LogP contribution in [0.5, 0.6) is 0 Å². The SMILES string of the molecule is CCn1c(=N)n(C[C@H](O)c2ccc(Cl)c(Cl)c2)c2ccccc21. The average molecular weight is 350 g/mol. The highest BCUT2D eigenvalue weighted by atomic mass is 35.5. The van der Waals surface area contributed by atoms with Crippen molar-refractivity contribution >= 4 is 34.2 Å². The van der Waals surface area contributed by atoms with Crippen LogP contribution in [-0.4, -0.2) is 14.2 Å². The second kappa shape index (κ2) is 6.40. The molecule has 0 saturated heterocycles. The summed E-state index contributed by atoms with van der Waals surface area (Å²) in [5, 5.41) is 19.8. The number of imidazole rings is 1. The normalized spacial score (nSPS) is 12.7. The molecule has 4 nitrogen and oxygen atoms in total. The third-order valence-electron chi connectivity index (χ3n) is 3.97. The lowest BCUT2D eigenvalue weighted by molar-refractivity contribution is 0.155. The number of hydrogen-bond donors (Lipinski definition) is 2. The first-order valence-electron chi connectivity index (χ1n) is 7.38. The van der Waals surface area contributed by atoms with E-state index in [2.05, 4.69) is 0 Å². The number of halogens is 2. The zero-order valence-corrected chi connectivity index (χ0v) is 14.1. The first kappa shape index (κ1) is 16.1. The Morgan fingerprint density at radius 1 is 1.04 bits per heavy atom. The van der Waals surface area contributed by atoms with Crippen molar-refractivity contribution in [1.82, 2.24) is 9.13 Å². The van der Waals surface area contributed by atoms with Crippen LogP contribution in [0.15, 0.2) is 42.5 Å². The summed E-state index contributed by atoms with van der Waals surface area (Å²) in [7, 11) is 0. The molecule has 1 atom stereocenters. The van der Waals surface area contributed by atoms with E-state index in [0.29, 0.717) is 27.8 Å². The van der Waals surface area contributed by atoms with E-state index < -0.39 is 6.10 Å². The molecule has 0 amide bonds. The van der Waals surface area contributed by atoms with Gasteiger partial charge in [-0.25, -0.2) is 0 Å². The molecule has 0 unspecified atom stereocenters. The van der Waals surface area contributed by atoms with Crippen LogP contribution in [0.4, 0.5) is 0 Å². The molecular formula is C17H17Cl2N3O. The minimum absolute atomic E-state index is 0.282. The van der Waals surface area contributed by atoms with Gasteiger partial charge >= 0.3 is 0 Å². The molecule has 0 aliphatic rings. The average Bonchev–Trinajstić information content (AvgIpc) is 2.82. The Morgan fingerprint density at radius 3 is 2.30 bits per heavy atom. The molecule has 3 aromatic rings. The Hall–Kier alpha value is -1.75. The van der Waals surface area contributed by atoms with Gasteiger partial charge in [0.2, 0.25) is 5.62 Å². The number of nitrogens with one attached hydrogen (secondary N) is 1. The lowest BCUT2D eigenvalue weighted by atomic mass is 10.1. The second-order valence-electron chi connectivity index (χ2n) is 5.36. The van der Waals surface area contributed by atoms with Gasteiger partial charge in [0, 0.05) is 6.54 Å². The third-order valence-corrected chi connectivity index (χ3v) is 4.71. The Balaban J connectivity index is 2.02. The van der Waals surface area contributed by atoms with Gasteiger partial charge in [-0.2, -0.15) is 0 Å². The number of fused-ring (bicyclic) bond motifs is 1. The van der Waals surface area contributed by atoms with Crippen LogP contribution >= 0.6 is 23.2 Å². The molecular weight excluding hydrogens is 333 g/mol. The highest BCUT2D eigenvalue weighted by molar-refractivity contribution is 6.42. The fourth-order valence-electron chi connectivity index (χ4n) is 2.80. The van der Waals surface area contributed by atoms with Crippen molar-refractivity contribution in [3.05, 3.63) is 63.7 Å². The first-order valence-corrected chi connectivity index (χ1v) is 8.14. The van der Waals surface area contributed by atoms with Gasteiger partial charge in [-0.15, -0.1) is 0 Å². The van der Waals surface area contributed by atoms with Crippen LogP contribution in [0, 0.1) is 5.41 Å². The lowest BCUT2D eigenvalue weighted by Crippen LogP contribution is -2.26.